The number of aromatic amines is 1. The summed E-state index contributed by atoms with van der Waals surface area (Å²) in [6.45, 7) is 0. The molecule has 1 aromatic carbocycles. The first-order valence-electron chi connectivity index (χ1n) is 7.57. The second-order valence-electron chi connectivity index (χ2n) is 5.34. The summed E-state index contributed by atoms with van der Waals surface area (Å²) in [5, 5.41) is 7.54. The van der Waals surface area contributed by atoms with Gasteiger partial charge >= 0.3 is 0 Å². The van der Waals surface area contributed by atoms with Gasteiger partial charge in [-0.15, -0.1) is 0 Å². The van der Waals surface area contributed by atoms with E-state index >= 15 is 0 Å². The number of fused-ring (bicyclic) bond motifs is 1. The Balaban J connectivity index is 1.76. The van der Waals surface area contributed by atoms with Crippen LogP contribution in [0.15, 0.2) is 58.1 Å². The molecule has 3 heterocycles. The van der Waals surface area contributed by atoms with Crippen LogP contribution >= 0.6 is 11.3 Å². The van der Waals surface area contributed by atoms with E-state index in [1.807, 2.05) is 47.2 Å². The van der Waals surface area contributed by atoms with Crippen molar-refractivity contribution in [1.29, 1.82) is 0 Å². The van der Waals surface area contributed by atoms with E-state index in [1.165, 1.54) is 0 Å². The first kappa shape index (κ1) is 15.3. The molecule has 0 aliphatic rings. The number of aromatic nitrogens is 3. The number of rotatable bonds is 4. The molecule has 0 aliphatic heterocycles. The lowest BCUT2D eigenvalue weighted by atomic mass is 10.1. The van der Waals surface area contributed by atoms with Crippen LogP contribution in [0.3, 0.4) is 0 Å². The van der Waals surface area contributed by atoms with Gasteiger partial charge in [-0.3, -0.25) is 9.78 Å². The molecule has 0 saturated heterocycles. The van der Waals surface area contributed by atoms with E-state index in [0.717, 1.165) is 22.6 Å². The maximum atomic E-state index is 12.6. The minimum atomic E-state index is -0.227. The fourth-order valence-corrected chi connectivity index (χ4v) is 3.25. The minimum Gasteiger partial charge on any atom is -0.497 e. The summed E-state index contributed by atoms with van der Waals surface area (Å²) < 4.78 is 5.13. The highest BCUT2D eigenvalue weighted by Gasteiger charge is 2.11. The van der Waals surface area contributed by atoms with Crippen LogP contribution in [0.2, 0.25) is 0 Å². The minimum absolute atomic E-state index is 0.227. The van der Waals surface area contributed by atoms with E-state index in [4.69, 9.17) is 4.74 Å². The summed E-state index contributed by atoms with van der Waals surface area (Å²) in [5.41, 5.74) is 2.78. The van der Waals surface area contributed by atoms with E-state index in [9.17, 15) is 4.79 Å². The second kappa shape index (κ2) is 6.37. The molecule has 0 unspecified atom stereocenters. The number of nitrogens with zero attached hydrogens (tertiary/aromatic N) is 2. The third kappa shape index (κ3) is 2.97. The average Bonchev–Trinajstić information content (AvgIpc) is 3.16. The maximum Gasteiger partial charge on any atom is 0.262 e. The van der Waals surface area contributed by atoms with Crippen molar-refractivity contribution in [2.75, 3.05) is 12.4 Å². The first-order valence-corrected chi connectivity index (χ1v) is 8.51. The number of hydrogen-bond donors (Lipinski definition) is 2. The number of benzene rings is 1. The Labute approximate surface area is 147 Å². The highest BCUT2D eigenvalue weighted by Crippen LogP contribution is 2.27. The van der Waals surface area contributed by atoms with Gasteiger partial charge in [0.2, 0.25) is 5.95 Å². The molecule has 0 amide bonds. The number of ether oxygens (including phenoxy) is 1. The Hall–Kier alpha value is -3.19. The predicted octanol–water partition coefficient (Wildman–Crippen LogP) is 3.80. The van der Waals surface area contributed by atoms with Crippen LogP contribution in [0.1, 0.15) is 0 Å². The van der Waals surface area contributed by atoms with Gasteiger partial charge in [0.15, 0.2) is 5.65 Å². The number of H-pyrrole nitrogens is 1. The molecule has 4 rings (SSSR count). The largest absolute Gasteiger partial charge is 0.497 e. The molecule has 0 bridgehead atoms. The molecule has 25 heavy (non-hydrogen) atoms. The Morgan fingerprint density at radius 3 is 2.72 bits per heavy atom. The van der Waals surface area contributed by atoms with E-state index in [1.54, 1.807) is 24.6 Å². The van der Waals surface area contributed by atoms with Crippen LogP contribution in [0.4, 0.5) is 11.6 Å². The molecule has 0 aliphatic carbocycles. The van der Waals surface area contributed by atoms with Crippen LogP contribution in [-0.2, 0) is 0 Å². The first-order chi connectivity index (χ1) is 12.2. The molecular weight excluding hydrogens is 336 g/mol. The fourth-order valence-electron chi connectivity index (χ4n) is 2.59. The van der Waals surface area contributed by atoms with Gasteiger partial charge in [-0.2, -0.15) is 16.3 Å². The highest BCUT2D eigenvalue weighted by molar-refractivity contribution is 7.08. The Kier molecular flexibility index (Phi) is 3.91. The van der Waals surface area contributed by atoms with Gasteiger partial charge in [0.1, 0.15) is 5.75 Å². The molecule has 2 N–H and O–H groups in total. The molecule has 7 heteroatoms. The van der Waals surface area contributed by atoms with Crippen LogP contribution in [0, 0.1) is 0 Å². The van der Waals surface area contributed by atoms with E-state index in [-0.39, 0.29) is 5.56 Å². The van der Waals surface area contributed by atoms with E-state index in [2.05, 4.69) is 20.3 Å². The van der Waals surface area contributed by atoms with Gasteiger partial charge in [-0.25, -0.2) is 4.98 Å². The molecular formula is C18H14N4O2S. The summed E-state index contributed by atoms with van der Waals surface area (Å²) in [6.07, 6.45) is 1.67. The Morgan fingerprint density at radius 1 is 1.16 bits per heavy atom. The zero-order valence-corrected chi connectivity index (χ0v) is 14.1. The molecule has 0 saturated carbocycles. The van der Waals surface area contributed by atoms with Crippen LogP contribution in [0.25, 0.3) is 22.2 Å². The molecule has 124 valence electrons. The van der Waals surface area contributed by atoms with Crippen LogP contribution < -0.4 is 15.6 Å². The fraction of sp³-hybridized carbons (Fsp3) is 0.0556. The topological polar surface area (TPSA) is 79.9 Å². The van der Waals surface area contributed by atoms with Crippen molar-refractivity contribution < 1.29 is 4.74 Å². The van der Waals surface area contributed by atoms with Crippen molar-refractivity contribution in [3.05, 3.63) is 63.7 Å². The number of anilines is 2. The molecule has 4 aromatic rings. The van der Waals surface area contributed by atoms with Gasteiger partial charge in [0.05, 0.1) is 12.5 Å². The van der Waals surface area contributed by atoms with E-state index < -0.39 is 0 Å². The van der Waals surface area contributed by atoms with Gasteiger partial charge in [0, 0.05) is 17.4 Å². The standard InChI is InChI=1S/C18H14N4O2S/c1-24-13-4-2-12(3-5-13)20-18-21-16-15(17(23)22-18)14(6-8-19-16)11-7-9-25-10-11/h2-10H,1H3,(H2,19,20,21,22,23). The zero-order chi connectivity index (χ0) is 17.2. The highest BCUT2D eigenvalue weighted by atomic mass is 32.1. The van der Waals surface area contributed by atoms with Gasteiger partial charge in [0.25, 0.3) is 5.56 Å². The molecule has 0 fully saturated rings. The van der Waals surface area contributed by atoms with Crippen molar-refractivity contribution >= 4 is 34.0 Å². The summed E-state index contributed by atoms with van der Waals surface area (Å²) in [5.74, 6) is 1.10. The number of pyridine rings is 1. The SMILES string of the molecule is COc1ccc(Nc2nc3nccc(-c4ccsc4)c3c(=O)[nH]2)cc1. The summed E-state index contributed by atoms with van der Waals surface area (Å²) >= 11 is 1.58. The molecule has 0 spiro atoms. The van der Waals surface area contributed by atoms with Crippen LogP contribution in [0.5, 0.6) is 5.75 Å². The third-order valence-corrected chi connectivity index (χ3v) is 4.48. The Morgan fingerprint density at radius 2 is 2.00 bits per heavy atom. The summed E-state index contributed by atoms with van der Waals surface area (Å²) in [7, 11) is 1.61. The average molecular weight is 350 g/mol. The maximum absolute atomic E-state index is 12.6. The van der Waals surface area contributed by atoms with Gasteiger partial charge < -0.3 is 10.1 Å². The van der Waals surface area contributed by atoms with Crippen molar-refractivity contribution in [3.63, 3.8) is 0 Å². The van der Waals surface area contributed by atoms with Crippen molar-refractivity contribution in [2.24, 2.45) is 0 Å². The lowest BCUT2D eigenvalue weighted by Crippen LogP contribution is -2.13. The number of nitrogens with one attached hydrogen (secondary N) is 2. The summed E-state index contributed by atoms with van der Waals surface area (Å²) in [6, 6.07) is 11.2. The van der Waals surface area contributed by atoms with Gasteiger partial charge in [-0.05, 0) is 52.7 Å². The molecule has 6 nitrogen and oxygen atoms in total. The van der Waals surface area contributed by atoms with Crippen molar-refractivity contribution in [2.45, 2.75) is 0 Å². The molecule has 0 radical (unpaired) electrons. The molecule has 3 aromatic heterocycles. The molecule has 0 atom stereocenters. The normalized spacial score (nSPS) is 10.8. The Bertz CT molecular complexity index is 1070. The number of methoxy groups -OCH3 is 1. The van der Waals surface area contributed by atoms with Crippen molar-refractivity contribution in [1.82, 2.24) is 15.0 Å². The lowest BCUT2D eigenvalue weighted by molar-refractivity contribution is 0.415. The summed E-state index contributed by atoms with van der Waals surface area (Å²) in [4.78, 5) is 24.1. The second-order valence-corrected chi connectivity index (χ2v) is 6.12. The van der Waals surface area contributed by atoms with E-state index in [0.29, 0.717) is 17.0 Å². The monoisotopic (exact) mass is 350 g/mol. The zero-order valence-electron chi connectivity index (χ0n) is 13.3. The number of thiophene rings is 1. The van der Waals surface area contributed by atoms with Gasteiger partial charge in [-0.1, -0.05) is 0 Å². The number of hydrogen-bond acceptors (Lipinski definition) is 6. The third-order valence-electron chi connectivity index (χ3n) is 3.79. The van der Waals surface area contributed by atoms with Crippen molar-refractivity contribution in [3.8, 4) is 16.9 Å². The van der Waals surface area contributed by atoms with Crippen LogP contribution in [-0.4, -0.2) is 22.1 Å². The quantitative estimate of drug-likeness (QED) is 0.585. The smallest absolute Gasteiger partial charge is 0.262 e. The lowest BCUT2D eigenvalue weighted by Gasteiger charge is -2.08. The predicted molar refractivity (Wildman–Crippen MR) is 99.7 cm³/mol.